The lowest BCUT2D eigenvalue weighted by molar-refractivity contribution is -0.122. The summed E-state index contributed by atoms with van der Waals surface area (Å²) < 4.78 is 2.09. The van der Waals surface area contributed by atoms with Gasteiger partial charge in [-0.1, -0.05) is 17.7 Å². The molecule has 1 N–H and O–H groups in total. The third-order valence-electron chi connectivity index (χ3n) is 5.80. The molecule has 0 saturated carbocycles. The molecule has 34 heavy (non-hydrogen) atoms. The van der Waals surface area contributed by atoms with Gasteiger partial charge >= 0.3 is 0 Å². The molecule has 2 aromatic carbocycles. The third kappa shape index (κ3) is 3.79. The number of thiocarbonyl (C=S) groups is 1. The molecule has 0 radical (unpaired) electrons. The van der Waals surface area contributed by atoms with Crippen molar-refractivity contribution < 1.29 is 9.59 Å². The lowest BCUT2D eigenvalue weighted by Gasteiger charge is -2.28. The number of anilines is 1. The molecule has 5 rings (SSSR count). The molecule has 6 nitrogen and oxygen atoms in total. The minimum absolute atomic E-state index is 0.00603. The molecule has 0 unspecified atom stereocenters. The van der Waals surface area contributed by atoms with Crippen LogP contribution in [0.1, 0.15) is 17.0 Å². The first kappa shape index (κ1) is 22.0. The number of aromatic nitrogens is 2. The van der Waals surface area contributed by atoms with E-state index in [0.29, 0.717) is 10.7 Å². The summed E-state index contributed by atoms with van der Waals surface area (Å²) in [7, 11) is 0. The minimum atomic E-state index is -0.526. The molecule has 1 aliphatic rings. The Kier molecular flexibility index (Phi) is 5.51. The maximum Gasteiger partial charge on any atom is 0.270 e. The molecule has 0 spiro atoms. The molecule has 0 atom stereocenters. The van der Waals surface area contributed by atoms with Gasteiger partial charge in [0, 0.05) is 33.7 Å². The van der Waals surface area contributed by atoms with Gasteiger partial charge in [0.05, 0.1) is 11.2 Å². The van der Waals surface area contributed by atoms with Crippen LogP contribution in [0.2, 0.25) is 5.02 Å². The largest absolute Gasteiger partial charge is 0.318 e. The second-order valence-corrected chi connectivity index (χ2v) is 8.80. The van der Waals surface area contributed by atoms with E-state index in [-0.39, 0.29) is 10.7 Å². The van der Waals surface area contributed by atoms with Gasteiger partial charge in [0.2, 0.25) is 0 Å². The van der Waals surface area contributed by atoms with E-state index in [9.17, 15) is 9.59 Å². The van der Waals surface area contributed by atoms with Crippen molar-refractivity contribution in [2.24, 2.45) is 0 Å². The number of nitrogens with one attached hydrogen (secondary N) is 1. The molecule has 1 aliphatic heterocycles. The van der Waals surface area contributed by atoms with E-state index in [1.807, 2.05) is 44.2 Å². The van der Waals surface area contributed by atoms with E-state index < -0.39 is 11.8 Å². The smallest absolute Gasteiger partial charge is 0.270 e. The highest BCUT2D eigenvalue weighted by Gasteiger charge is 2.34. The van der Waals surface area contributed by atoms with Crippen LogP contribution in [-0.4, -0.2) is 26.5 Å². The third-order valence-corrected chi connectivity index (χ3v) is 6.34. The minimum Gasteiger partial charge on any atom is -0.318 e. The number of carbonyl (C=O) groups excluding carboxylic acids is 2. The molecule has 0 aliphatic carbocycles. The Morgan fingerprint density at radius 2 is 1.74 bits per heavy atom. The average molecular weight is 487 g/mol. The zero-order chi connectivity index (χ0) is 24.0. The summed E-state index contributed by atoms with van der Waals surface area (Å²) in [4.78, 5) is 31.7. The predicted octanol–water partition coefficient (Wildman–Crippen LogP) is 5.13. The van der Waals surface area contributed by atoms with Crippen molar-refractivity contribution in [2.45, 2.75) is 13.8 Å². The highest BCUT2D eigenvalue weighted by molar-refractivity contribution is 7.80. The normalized spacial score (nSPS) is 15.3. The predicted molar refractivity (Wildman–Crippen MR) is 138 cm³/mol. The van der Waals surface area contributed by atoms with Gasteiger partial charge < -0.3 is 4.57 Å². The van der Waals surface area contributed by atoms with Crippen molar-refractivity contribution in [2.75, 3.05) is 4.90 Å². The van der Waals surface area contributed by atoms with Crippen LogP contribution in [0.3, 0.4) is 0 Å². The first-order valence-electron chi connectivity index (χ1n) is 10.5. The van der Waals surface area contributed by atoms with Crippen LogP contribution in [0, 0.1) is 13.8 Å². The molecule has 4 aromatic rings. The van der Waals surface area contributed by atoms with Crippen LogP contribution in [0.5, 0.6) is 0 Å². The zero-order valence-corrected chi connectivity index (χ0v) is 19.9. The number of aryl methyl sites for hydroxylation is 1. The lowest BCUT2D eigenvalue weighted by Crippen LogP contribution is -2.54. The van der Waals surface area contributed by atoms with Crippen LogP contribution in [0.15, 0.2) is 72.4 Å². The molecule has 3 heterocycles. The molecule has 2 aromatic heterocycles. The number of fused-ring (bicyclic) bond motifs is 1. The summed E-state index contributed by atoms with van der Waals surface area (Å²) in [6, 6.07) is 18.6. The summed E-state index contributed by atoms with van der Waals surface area (Å²) in [6.07, 6.45) is 3.38. The highest BCUT2D eigenvalue weighted by Crippen LogP contribution is 2.27. The monoisotopic (exact) mass is 486 g/mol. The van der Waals surface area contributed by atoms with Gasteiger partial charge in [-0.05, 0) is 92.3 Å². The van der Waals surface area contributed by atoms with Gasteiger partial charge in [-0.15, -0.1) is 0 Å². The number of nitrogens with zero attached hydrogens (tertiary/aromatic N) is 3. The van der Waals surface area contributed by atoms with Crippen LogP contribution < -0.4 is 10.2 Å². The standard InChI is InChI=1S/C26H19ClN4O2S/c1-15-12-18(16(2)30(15)21-9-10-23-17(13-21)4-3-11-28-23)14-22-24(32)29-26(34)31(25(22)33)20-7-5-19(27)6-8-20/h3-14H,1-2H3,(H,29,32,34)/b22-14+. The maximum atomic E-state index is 13.3. The van der Waals surface area contributed by atoms with Crippen molar-refractivity contribution in [3.63, 3.8) is 0 Å². The van der Waals surface area contributed by atoms with E-state index >= 15 is 0 Å². The van der Waals surface area contributed by atoms with Crippen LogP contribution in [0.25, 0.3) is 22.7 Å². The van der Waals surface area contributed by atoms with Crippen molar-refractivity contribution in [3.05, 3.63) is 94.4 Å². The fourth-order valence-corrected chi connectivity index (χ4v) is 4.58. The summed E-state index contributed by atoms with van der Waals surface area (Å²) in [5.74, 6) is -1.01. The van der Waals surface area contributed by atoms with E-state index in [4.69, 9.17) is 23.8 Å². The average Bonchev–Trinajstić information content (AvgIpc) is 3.10. The highest BCUT2D eigenvalue weighted by atomic mass is 35.5. The number of amides is 2. The Bertz CT molecular complexity index is 1520. The fraction of sp³-hybridized carbons (Fsp3) is 0.0769. The van der Waals surface area contributed by atoms with Crippen molar-refractivity contribution in [1.29, 1.82) is 0 Å². The number of carbonyl (C=O) groups is 2. The molecular formula is C26H19ClN4O2S. The number of halogens is 1. The second-order valence-electron chi connectivity index (χ2n) is 7.98. The quantitative estimate of drug-likeness (QED) is 0.248. The number of rotatable bonds is 3. The molecule has 1 fully saturated rings. The van der Waals surface area contributed by atoms with E-state index in [2.05, 4.69) is 20.9 Å². The van der Waals surface area contributed by atoms with Gasteiger partial charge in [-0.3, -0.25) is 24.8 Å². The Morgan fingerprint density at radius 3 is 2.50 bits per heavy atom. The van der Waals surface area contributed by atoms with Crippen LogP contribution in [0.4, 0.5) is 5.69 Å². The molecule has 168 valence electrons. The van der Waals surface area contributed by atoms with Crippen LogP contribution in [-0.2, 0) is 9.59 Å². The van der Waals surface area contributed by atoms with Crippen molar-refractivity contribution in [1.82, 2.24) is 14.9 Å². The van der Waals surface area contributed by atoms with Crippen molar-refractivity contribution in [3.8, 4) is 5.69 Å². The van der Waals surface area contributed by atoms with Gasteiger partial charge in [0.25, 0.3) is 11.8 Å². The first-order valence-corrected chi connectivity index (χ1v) is 11.3. The summed E-state index contributed by atoms with van der Waals surface area (Å²) in [5, 5.41) is 4.22. The van der Waals surface area contributed by atoms with E-state index in [1.54, 1.807) is 36.5 Å². The van der Waals surface area contributed by atoms with E-state index in [0.717, 1.165) is 33.5 Å². The summed E-state index contributed by atoms with van der Waals surface area (Å²) in [6.45, 7) is 3.94. The number of benzene rings is 2. The topological polar surface area (TPSA) is 67.2 Å². The Labute approximate surface area is 206 Å². The lowest BCUT2D eigenvalue weighted by atomic mass is 10.1. The van der Waals surface area contributed by atoms with Gasteiger partial charge in [0.15, 0.2) is 5.11 Å². The maximum absolute atomic E-state index is 13.3. The van der Waals surface area contributed by atoms with Gasteiger partial charge in [-0.25, -0.2) is 0 Å². The molecule has 8 heteroatoms. The first-order chi connectivity index (χ1) is 16.3. The second kappa shape index (κ2) is 8.52. The number of hydrogen-bond donors (Lipinski definition) is 1. The van der Waals surface area contributed by atoms with Crippen molar-refractivity contribution >= 4 is 63.4 Å². The fourth-order valence-electron chi connectivity index (χ4n) is 4.17. The van der Waals surface area contributed by atoms with E-state index in [1.165, 1.54) is 4.90 Å². The Morgan fingerprint density at radius 1 is 1.00 bits per heavy atom. The number of hydrogen-bond acceptors (Lipinski definition) is 4. The van der Waals surface area contributed by atoms with Gasteiger partial charge in [-0.2, -0.15) is 0 Å². The number of pyridine rings is 1. The summed E-state index contributed by atoms with van der Waals surface area (Å²) >= 11 is 11.2. The zero-order valence-electron chi connectivity index (χ0n) is 18.4. The molecule has 0 bridgehead atoms. The van der Waals surface area contributed by atoms with Crippen LogP contribution >= 0.6 is 23.8 Å². The molecule has 2 amide bonds. The molecule has 1 saturated heterocycles. The SMILES string of the molecule is Cc1cc(/C=C2\C(=O)NC(=S)N(c3ccc(Cl)cc3)C2=O)c(C)n1-c1ccc2ncccc2c1. The Balaban J connectivity index is 1.56. The summed E-state index contributed by atoms with van der Waals surface area (Å²) in [5.41, 5.74) is 5.07. The van der Waals surface area contributed by atoms with Gasteiger partial charge in [0.1, 0.15) is 5.57 Å². The molecular weight excluding hydrogens is 468 g/mol. The Hall–Kier alpha value is -3.81.